The van der Waals surface area contributed by atoms with Gasteiger partial charge in [0.1, 0.15) is 11.8 Å². The Morgan fingerprint density at radius 3 is 2.15 bits per heavy atom. The average Bonchev–Trinajstić information content (AvgIpc) is 2.84. The van der Waals surface area contributed by atoms with E-state index < -0.39 is 23.8 Å². The Balaban J connectivity index is 1.90. The van der Waals surface area contributed by atoms with Crippen molar-refractivity contribution in [3.05, 3.63) is 65.2 Å². The van der Waals surface area contributed by atoms with Gasteiger partial charge in [-0.2, -0.15) is 0 Å². The molecule has 1 aliphatic heterocycles. The van der Waals surface area contributed by atoms with Crippen molar-refractivity contribution in [3.8, 4) is 5.75 Å². The van der Waals surface area contributed by atoms with Crippen molar-refractivity contribution in [1.82, 2.24) is 4.90 Å². The maximum atomic E-state index is 12.8. The summed E-state index contributed by atoms with van der Waals surface area (Å²) in [6.45, 7) is 5.77. The third kappa shape index (κ3) is 3.38. The first-order valence-electron chi connectivity index (χ1n) is 8.63. The molecule has 134 valence electrons. The molecule has 1 heterocycles. The highest BCUT2D eigenvalue weighted by atomic mass is 16.5. The van der Waals surface area contributed by atoms with Crippen LogP contribution in [0.3, 0.4) is 0 Å². The lowest BCUT2D eigenvalue weighted by atomic mass is 10.0. The Morgan fingerprint density at radius 1 is 1.00 bits per heavy atom. The van der Waals surface area contributed by atoms with Gasteiger partial charge in [0.2, 0.25) is 0 Å². The number of amides is 2. The average molecular weight is 351 g/mol. The van der Waals surface area contributed by atoms with Gasteiger partial charge >= 0.3 is 5.97 Å². The van der Waals surface area contributed by atoms with Crippen molar-refractivity contribution in [2.24, 2.45) is 5.92 Å². The van der Waals surface area contributed by atoms with Gasteiger partial charge in [0, 0.05) is 0 Å². The van der Waals surface area contributed by atoms with Crippen molar-refractivity contribution >= 4 is 17.8 Å². The third-order valence-corrected chi connectivity index (χ3v) is 4.31. The number of hydrogen-bond acceptors (Lipinski definition) is 4. The van der Waals surface area contributed by atoms with Crippen molar-refractivity contribution in [2.75, 3.05) is 0 Å². The van der Waals surface area contributed by atoms with Gasteiger partial charge in [0.25, 0.3) is 11.8 Å². The zero-order valence-corrected chi connectivity index (χ0v) is 15.1. The summed E-state index contributed by atoms with van der Waals surface area (Å²) in [4.78, 5) is 39.3. The number of imide groups is 1. The van der Waals surface area contributed by atoms with Gasteiger partial charge in [0.05, 0.1) is 11.1 Å². The second-order valence-corrected chi connectivity index (χ2v) is 6.91. The highest BCUT2D eigenvalue weighted by Gasteiger charge is 2.43. The fourth-order valence-electron chi connectivity index (χ4n) is 3.11. The Bertz CT molecular complexity index is 837. The highest BCUT2D eigenvalue weighted by molar-refractivity contribution is 6.22. The van der Waals surface area contributed by atoms with Crippen LogP contribution in [0.2, 0.25) is 0 Å². The fraction of sp³-hybridized carbons (Fsp3) is 0.286. The van der Waals surface area contributed by atoms with E-state index >= 15 is 0 Å². The molecule has 0 aromatic heterocycles. The lowest BCUT2D eigenvalue weighted by Gasteiger charge is -2.25. The van der Waals surface area contributed by atoms with Gasteiger partial charge in [-0.1, -0.05) is 38.1 Å². The summed E-state index contributed by atoms with van der Waals surface area (Å²) in [5.41, 5.74) is 1.61. The molecule has 0 bridgehead atoms. The second kappa shape index (κ2) is 7.12. The Kier molecular flexibility index (Phi) is 4.89. The first kappa shape index (κ1) is 17.9. The molecule has 0 unspecified atom stereocenters. The maximum absolute atomic E-state index is 12.8. The Labute approximate surface area is 152 Å². The van der Waals surface area contributed by atoms with E-state index in [2.05, 4.69) is 0 Å². The molecule has 0 radical (unpaired) electrons. The first-order valence-corrected chi connectivity index (χ1v) is 8.63. The van der Waals surface area contributed by atoms with E-state index in [1.807, 2.05) is 26.8 Å². The lowest BCUT2D eigenvalue weighted by Crippen LogP contribution is -2.47. The topological polar surface area (TPSA) is 63.7 Å². The summed E-state index contributed by atoms with van der Waals surface area (Å²) in [5.74, 6) is -0.983. The third-order valence-electron chi connectivity index (χ3n) is 4.31. The quantitative estimate of drug-likeness (QED) is 0.469. The molecule has 0 N–H and O–H groups in total. The van der Waals surface area contributed by atoms with Crippen molar-refractivity contribution in [3.63, 3.8) is 0 Å². The van der Waals surface area contributed by atoms with E-state index in [1.165, 1.54) is 0 Å². The smallest absolute Gasteiger partial charge is 0.334 e. The minimum Gasteiger partial charge on any atom is -0.425 e. The molecule has 26 heavy (non-hydrogen) atoms. The van der Waals surface area contributed by atoms with Gasteiger partial charge in [-0.15, -0.1) is 0 Å². The monoisotopic (exact) mass is 351 g/mol. The molecule has 5 nitrogen and oxygen atoms in total. The molecule has 2 amide bonds. The van der Waals surface area contributed by atoms with Gasteiger partial charge in [-0.3, -0.25) is 14.5 Å². The van der Waals surface area contributed by atoms with Gasteiger partial charge in [-0.05, 0) is 49.1 Å². The molecular weight excluding hydrogens is 330 g/mol. The number of esters is 1. The van der Waals surface area contributed by atoms with Crippen LogP contribution in [0.25, 0.3) is 0 Å². The minimum absolute atomic E-state index is 0.106. The van der Waals surface area contributed by atoms with Crippen LogP contribution in [0.5, 0.6) is 5.75 Å². The fourth-order valence-corrected chi connectivity index (χ4v) is 3.11. The number of rotatable bonds is 5. The molecule has 0 saturated carbocycles. The van der Waals surface area contributed by atoms with Crippen LogP contribution in [-0.4, -0.2) is 28.7 Å². The second-order valence-electron chi connectivity index (χ2n) is 6.91. The van der Waals surface area contributed by atoms with Crippen LogP contribution in [-0.2, 0) is 4.79 Å². The molecule has 1 atom stereocenters. The molecule has 0 saturated heterocycles. The number of aryl methyl sites for hydroxylation is 1. The standard InChI is InChI=1S/C21H21NO4/c1-13(2)11-18(21(25)26-15-8-6-7-14(3)12-15)22-19(23)16-9-4-5-10-17(16)20(22)24/h4-10,12-13,18H,11H2,1-3H3/t18-/m0/s1. The summed E-state index contributed by atoms with van der Waals surface area (Å²) in [6, 6.07) is 12.8. The highest BCUT2D eigenvalue weighted by Crippen LogP contribution is 2.28. The summed E-state index contributed by atoms with van der Waals surface area (Å²) < 4.78 is 5.48. The van der Waals surface area contributed by atoms with E-state index in [0.29, 0.717) is 23.3 Å². The summed E-state index contributed by atoms with van der Waals surface area (Å²) in [7, 11) is 0. The van der Waals surface area contributed by atoms with Crippen molar-refractivity contribution in [1.29, 1.82) is 0 Å². The molecule has 0 aliphatic carbocycles. The van der Waals surface area contributed by atoms with E-state index in [0.717, 1.165) is 10.5 Å². The van der Waals surface area contributed by atoms with Gasteiger partial charge in [-0.25, -0.2) is 4.79 Å². The number of carbonyl (C=O) groups excluding carboxylic acids is 3. The summed E-state index contributed by atoms with van der Waals surface area (Å²) >= 11 is 0. The van der Waals surface area contributed by atoms with Gasteiger partial charge < -0.3 is 4.74 Å². The van der Waals surface area contributed by atoms with Crippen LogP contribution in [0.1, 0.15) is 46.5 Å². The predicted molar refractivity (Wildman–Crippen MR) is 97.0 cm³/mol. The molecule has 0 fully saturated rings. The molecule has 2 aromatic rings. The zero-order chi connectivity index (χ0) is 18.8. The number of hydrogen-bond donors (Lipinski definition) is 0. The van der Waals surface area contributed by atoms with Crippen LogP contribution in [0, 0.1) is 12.8 Å². The number of ether oxygens (including phenoxy) is 1. The minimum atomic E-state index is -0.956. The summed E-state index contributed by atoms with van der Waals surface area (Å²) in [5, 5.41) is 0. The molecular formula is C21H21NO4. The van der Waals surface area contributed by atoms with E-state index in [1.54, 1.807) is 42.5 Å². The Morgan fingerprint density at radius 2 is 1.62 bits per heavy atom. The van der Waals surface area contributed by atoms with Crippen LogP contribution < -0.4 is 4.74 Å². The summed E-state index contributed by atoms with van der Waals surface area (Å²) in [6.07, 6.45) is 0.343. The number of nitrogens with zero attached hydrogens (tertiary/aromatic N) is 1. The lowest BCUT2D eigenvalue weighted by molar-refractivity contribution is -0.139. The molecule has 1 aliphatic rings. The van der Waals surface area contributed by atoms with E-state index in [-0.39, 0.29) is 5.92 Å². The SMILES string of the molecule is Cc1cccc(OC(=O)[C@H](CC(C)C)N2C(=O)c3ccccc3C2=O)c1. The molecule has 5 heteroatoms. The largest absolute Gasteiger partial charge is 0.425 e. The molecule has 2 aromatic carbocycles. The van der Waals surface area contributed by atoms with E-state index in [4.69, 9.17) is 4.74 Å². The first-order chi connectivity index (χ1) is 12.4. The van der Waals surface area contributed by atoms with Crippen molar-refractivity contribution in [2.45, 2.75) is 33.2 Å². The van der Waals surface area contributed by atoms with E-state index in [9.17, 15) is 14.4 Å². The Hall–Kier alpha value is -2.95. The predicted octanol–water partition coefficient (Wildman–Crippen LogP) is 3.61. The zero-order valence-electron chi connectivity index (χ0n) is 15.1. The van der Waals surface area contributed by atoms with Crippen LogP contribution >= 0.6 is 0 Å². The number of carbonyl (C=O) groups is 3. The van der Waals surface area contributed by atoms with Crippen LogP contribution in [0.4, 0.5) is 0 Å². The normalized spacial score (nSPS) is 14.5. The number of benzene rings is 2. The molecule has 3 rings (SSSR count). The maximum Gasteiger partial charge on any atom is 0.334 e. The van der Waals surface area contributed by atoms with Crippen molar-refractivity contribution < 1.29 is 19.1 Å². The van der Waals surface area contributed by atoms with Crippen LogP contribution in [0.15, 0.2) is 48.5 Å². The molecule has 0 spiro atoms. The van der Waals surface area contributed by atoms with Gasteiger partial charge in [0.15, 0.2) is 0 Å². The number of fused-ring (bicyclic) bond motifs is 1.